The van der Waals surface area contributed by atoms with E-state index in [0.717, 1.165) is 36.5 Å². The van der Waals surface area contributed by atoms with Gasteiger partial charge < -0.3 is 19.1 Å². The lowest BCUT2D eigenvalue weighted by atomic mass is 9.87. The number of nitrogens with one attached hydrogen (secondary N) is 1. The van der Waals surface area contributed by atoms with Crippen molar-refractivity contribution in [2.75, 3.05) is 11.9 Å². The fourth-order valence-corrected chi connectivity index (χ4v) is 5.26. The SMILES string of the molecule is CCCCCOc1ccc(OS(=O)(=O)c2ccc3c(c2)CN(C(=O)Nc2ccc(C(C)(C)C)cc2)C3)c(F)c1. The number of anilines is 1. The zero-order valence-corrected chi connectivity index (χ0v) is 23.6. The number of carbonyl (C=O) groups excluding carboxylic acids is 1. The third kappa shape index (κ3) is 7.09. The summed E-state index contributed by atoms with van der Waals surface area (Å²) in [4.78, 5) is 14.4. The largest absolute Gasteiger partial charge is 0.493 e. The smallest absolute Gasteiger partial charge is 0.339 e. The van der Waals surface area contributed by atoms with Crippen LogP contribution in [0.4, 0.5) is 14.9 Å². The molecule has 7 nitrogen and oxygen atoms in total. The molecule has 0 saturated carbocycles. The fourth-order valence-electron chi connectivity index (χ4n) is 4.27. The molecule has 0 unspecified atom stereocenters. The predicted octanol–water partition coefficient (Wildman–Crippen LogP) is 7.01. The van der Waals surface area contributed by atoms with E-state index in [1.165, 1.54) is 24.3 Å². The van der Waals surface area contributed by atoms with E-state index in [4.69, 9.17) is 8.92 Å². The van der Waals surface area contributed by atoms with Crippen LogP contribution in [0.25, 0.3) is 0 Å². The summed E-state index contributed by atoms with van der Waals surface area (Å²) >= 11 is 0. The first-order chi connectivity index (χ1) is 18.5. The molecular weight excluding hydrogens is 519 g/mol. The Morgan fingerprint density at radius 2 is 1.69 bits per heavy atom. The third-order valence-electron chi connectivity index (χ3n) is 6.60. The molecule has 2 amide bonds. The molecule has 0 bridgehead atoms. The minimum Gasteiger partial charge on any atom is -0.493 e. The van der Waals surface area contributed by atoms with Crippen molar-refractivity contribution in [2.45, 2.75) is 70.4 Å². The third-order valence-corrected chi connectivity index (χ3v) is 7.83. The van der Waals surface area contributed by atoms with Gasteiger partial charge in [-0.3, -0.25) is 0 Å². The van der Waals surface area contributed by atoms with Crippen LogP contribution < -0.4 is 14.2 Å². The van der Waals surface area contributed by atoms with E-state index in [2.05, 4.69) is 33.0 Å². The number of urea groups is 1. The molecule has 4 rings (SSSR count). The highest BCUT2D eigenvalue weighted by Crippen LogP contribution is 2.30. The molecule has 0 atom stereocenters. The predicted molar refractivity (Wildman–Crippen MR) is 149 cm³/mol. The van der Waals surface area contributed by atoms with Crippen LogP contribution in [-0.2, 0) is 28.6 Å². The van der Waals surface area contributed by atoms with Gasteiger partial charge in [0.05, 0.1) is 6.61 Å². The lowest BCUT2D eigenvalue weighted by Gasteiger charge is -2.20. The van der Waals surface area contributed by atoms with Gasteiger partial charge in [0.15, 0.2) is 11.6 Å². The molecule has 9 heteroatoms. The number of amides is 2. The second-order valence-electron chi connectivity index (χ2n) is 10.7. The van der Waals surface area contributed by atoms with Crippen LogP contribution in [0, 0.1) is 5.82 Å². The number of benzene rings is 3. The maximum atomic E-state index is 14.6. The van der Waals surface area contributed by atoms with Gasteiger partial charge in [-0.2, -0.15) is 8.42 Å². The maximum absolute atomic E-state index is 14.6. The summed E-state index contributed by atoms with van der Waals surface area (Å²) in [5, 5.41) is 2.90. The Labute approximate surface area is 230 Å². The molecule has 0 aromatic heterocycles. The Hall–Kier alpha value is -3.59. The molecule has 0 fully saturated rings. The monoisotopic (exact) mass is 554 g/mol. The molecule has 39 heavy (non-hydrogen) atoms. The number of fused-ring (bicyclic) bond motifs is 1. The number of ether oxygens (including phenoxy) is 1. The van der Waals surface area contributed by atoms with E-state index in [1.807, 2.05) is 24.3 Å². The van der Waals surface area contributed by atoms with E-state index in [0.29, 0.717) is 30.2 Å². The van der Waals surface area contributed by atoms with Crippen molar-refractivity contribution >= 4 is 21.8 Å². The van der Waals surface area contributed by atoms with Crippen molar-refractivity contribution in [2.24, 2.45) is 0 Å². The summed E-state index contributed by atoms with van der Waals surface area (Å²) in [5.41, 5.74) is 3.38. The van der Waals surface area contributed by atoms with Crippen LogP contribution in [-0.4, -0.2) is 26.0 Å². The van der Waals surface area contributed by atoms with E-state index in [9.17, 15) is 17.6 Å². The van der Waals surface area contributed by atoms with Crippen molar-refractivity contribution < 1.29 is 26.5 Å². The summed E-state index contributed by atoms with van der Waals surface area (Å²) in [6.07, 6.45) is 2.91. The van der Waals surface area contributed by atoms with Crippen LogP contribution >= 0.6 is 0 Å². The Morgan fingerprint density at radius 3 is 2.36 bits per heavy atom. The Morgan fingerprint density at radius 1 is 0.974 bits per heavy atom. The van der Waals surface area contributed by atoms with Gasteiger partial charge in [0, 0.05) is 24.8 Å². The highest BCUT2D eigenvalue weighted by atomic mass is 32.2. The highest BCUT2D eigenvalue weighted by Gasteiger charge is 2.27. The van der Waals surface area contributed by atoms with Crippen molar-refractivity contribution in [1.82, 2.24) is 4.90 Å². The topological polar surface area (TPSA) is 84.9 Å². The first kappa shape index (κ1) is 28.4. The molecule has 208 valence electrons. The van der Waals surface area contributed by atoms with Gasteiger partial charge >= 0.3 is 16.1 Å². The zero-order valence-electron chi connectivity index (χ0n) is 22.8. The molecule has 0 radical (unpaired) electrons. The molecule has 1 aliphatic heterocycles. The molecule has 1 aliphatic rings. The summed E-state index contributed by atoms with van der Waals surface area (Å²) < 4.78 is 51.0. The summed E-state index contributed by atoms with van der Waals surface area (Å²) in [7, 11) is -4.30. The first-order valence-corrected chi connectivity index (χ1v) is 14.5. The van der Waals surface area contributed by atoms with Gasteiger partial charge in [0.25, 0.3) is 0 Å². The number of halogens is 1. The second-order valence-corrected chi connectivity index (χ2v) is 12.3. The first-order valence-electron chi connectivity index (χ1n) is 13.1. The van der Waals surface area contributed by atoms with Gasteiger partial charge in [-0.15, -0.1) is 0 Å². The van der Waals surface area contributed by atoms with Crippen molar-refractivity contribution in [3.8, 4) is 11.5 Å². The van der Waals surface area contributed by atoms with E-state index in [1.54, 1.807) is 11.0 Å². The van der Waals surface area contributed by atoms with Gasteiger partial charge in [-0.1, -0.05) is 58.7 Å². The van der Waals surface area contributed by atoms with E-state index < -0.39 is 21.7 Å². The normalized spacial score (nSPS) is 13.2. The van der Waals surface area contributed by atoms with Crippen LogP contribution in [0.15, 0.2) is 65.6 Å². The Balaban J connectivity index is 1.39. The van der Waals surface area contributed by atoms with Crippen molar-refractivity contribution in [1.29, 1.82) is 0 Å². The minimum atomic E-state index is -4.30. The van der Waals surface area contributed by atoms with Crippen molar-refractivity contribution in [3.63, 3.8) is 0 Å². The maximum Gasteiger partial charge on any atom is 0.339 e. The minimum absolute atomic E-state index is 0.0123. The quantitative estimate of drug-likeness (QED) is 0.227. The standard InChI is InChI=1S/C30H35FN2O5S/c1-5-6-7-16-37-25-13-15-28(27(31)18-25)38-39(35,36)26-14-8-21-19-33(20-22(21)17-26)29(34)32-24-11-9-23(10-12-24)30(2,3)4/h8-15,17-18H,5-7,16,19-20H2,1-4H3,(H,32,34). The van der Waals surface area contributed by atoms with Crippen LogP contribution in [0.2, 0.25) is 0 Å². The van der Waals surface area contributed by atoms with E-state index >= 15 is 0 Å². The van der Waals surface area contributed by atoms with Crippen LogP contribution in [0.1, 0.15) is 63.6 Å². The van der Waals surface area contributed by atoms with Crippen LogP contribution in [0.5, 0.6) is 11.5 Å². The molecule has 1 heterocycles. The number of nitrogens with zero attached hydrogens (tertiary/aromatic N) is 1. The zero-order chi connectivity index (χ0) is 28.2. The Bertz CT molecular complexity index is 1430. The van der Waals surface area contributed by atoms with Crippen molar-refractivity contribution in [3.05, 3.63) is 83.2 Å². The second kappa shape index (κ2) is 11.7. The average molecular weight is 555 g/mol. The number of hydrogen-bond donors (Lipinski definition) is 1. The number of unbranched alkanes of at least 4 members (excludes halogenated alkanes) is 2. The molecular formula is C30H35FN2O5S. The summed E-state index contributed by atoms with van der Waals surface area (Å²) in [6.45, 7) is 9.49. The van der Waals surface area contributed by atoms with Crippen LogP contribution in [0.3, 0.4) is 0 Å². The fraction of sp³-hybridized carbons (Fsp3) is 0.367. The van der Waals surface area contributed by atoms with E-state index in [-0.39, 0.29) is 22.9 Å². The molecule has 0 aliphatic carbocycles. The molecule has 3 aromatic rings. The number of hydrogen-bond acceptors (Lipinski definition) is 5. The van der Waals surface area contributed by atoms with Gasteiger partial charge in [-0.25, -0.2) is 9.18 Å². The van der Waals surface area contributed by atoms with Gasteiger partial charge in [-0.05, 0) is 64.9 Å². The number of rotatable bonds is 9. The molecule has 3 aromatic carbocycles. The van der Waals surface area contributed by atoms with Gasteiger partial charge in [0.1, 0.15) is 10.6 Å². The summed E-state index contributed by atoms with van der Waals surface area (Å²) in [5.74, 6) is -0.921. The lowest BCUT2D eigenvalue weighted by Crippen LogP contribution is -2.30. The lowest BCUT2D eigenvalue weighted by molar-refractivity contribution is 0.212. The Kier molecular flexibility index (Phi) is 8.49. The average Bonchev–Trinajstić information content (AvgIpc) is 3.32. The van der Waals surface area contributed by atoms with Gasteiger partial charge in [0.2, 0.25) is 0 Å². The molecule has 0 saturated heterocycles. The summed E-state index contributed by atoms with van der Waals surface area (Å²) in [6, 6.07) is 15.8. The highest BCUT2D eigenvalue weighted by molar-refractivity contribution is 7.87. The molecule has 0 spiro atoms. The molecule has 1 N–H and O–H groups in total. The number of carbonyl (C=O) groups is 1.